The number of methoxy groups -OCH3 is 1. The normalized spacial score (nSPS) is 12.5. The van der Waals surface area contributed by atoms with Gasteiger partial charge in [-0.3, -0.25) is 9.78 Å². The fourth-order valence-corrected chi connectivity index (χ4v) is 2.87. The summed E-state index contributed by atoms with van der Waals surface area (Å²) in [4.78, 5) is 17.1. The Morgan fingerprint density at radius 1 is 1.26 bits per heavy atom. The smallest absolute Gasteiger partial charge is 0.403 e. The van der Waals surface area contributed by atoms with Crippen molar-refractivity contribution in [2.24, 2.45) is 0 Å². The van der Waals surface area contributed by atoms with Crippen LogP contribution in [0.25, 0.3) is 11.5 Å². The molecule has 0 fully saturated rings. The molecule has 2 heterocycles. The van der Waals surface area contributed by atoms with E-state index < -0.39 is 29.9 Å². The molecule has 0 saturated heterocycles. The van der Waals surface area contributed by atoms with E-state index in [1.165, 1.54) is 19.4 Å². The van der Waals surface area contributed by atoms with Gasteiger partial charge in [0.05, 0.1) is 18.3 Å². The van der Waals surface area contributed by atoms with Crippen LogP contribution in [-0.2, 0) is 4.74 Å². The Kier molecular flexibility index (Phi) is 6.54. The molecule has 0 saturated carbocycles. The molecular formula is C20H17F4N3O4. The molecule has 0 aliphatic carbocycles. The summed E-state index contributed by atoms with van der Waals surface area (Å²) >= 11 is 0. The average molecular weight is 439 g/mol. The van der Waals surface area contributed by atoms with Gasteiger partial charge in [0.25, 0.3) is 5.91 Å². The van der Waals surface area contributed by atoms with Crippen LogP contribution in [0.5, 0.6) is 5.75 Å². The van der Waals surface area contributed by atoms with Gasteiger partial charge in [0.15, 0.2) is 17.3 Å². The summed E-state index contributed by atoms with van der Waals surface area (Å²) in [6.45, 7) is 1.49. The maximum absolute atomic E-state index is 14.1. The van der Waals surface area contributed by atoms with E-state index in [4.69, 9.17) is 9.26 Å². The number of carbonyl (C=O) groups is 1. The third-order valence-corrected chi connectivity index (χ3v) is 4.21. The van der Waals surface area contributed by atoms with Crippen LogP contribution in [0.2, 0.25) is 0 Å². The van der Waals surface area contributed by atoms with Gasteiger partial charge in [-0.2, -0.15) is 0 Å². The summed E-state index contributed by atoms with van der Waals surface area (Å²) < 4.78 is 65.2. The second-order valence-electron chi connectivity index (χ2n) is 6.41. The van der Waals surface area contributed by atoms with Crippen LogP contribution in [-0.4, -0.2) is 36.1 Å². The third kappa shape index (κ3) is 5.37. The Labute approximate surface area is 174 Å². The lowest BCUT2D eigenvalue weighted by Crippen LogP contribution is -2.32. The molecule has 0 spiro atoms. The molecule has 164 valence electrons. The number of nitrogens with zero attached hydrogens (tertiary/aromatic N) is 2. The van der Waals surface area contributed by atoms with Gasteiger partial charge >= 0.3 is 6.36 Å². The number of rotatable bonds is 7. The van der Waals surface area contributed by atoms with E-state index in [1.54, 1.807) is 25.1 Å². The summed E-state index contributed by atoms with van der Waals surface area (Å²) in [6.07, 6.45) is -3.51. The Hall–Kier alpha value is -3.47. The van der Waals surface area contributed by atoms with Crippen LogP contribution in [0, 0.1) is 12.7 Å². The molecule has 1 amide bonds. The van der Waals surface area contributed by atoms with Crippen molar-refractivity contribution >= 4 is 5.91 Å². The van der Waals surface area contributed by atoms with Gasteiger partial charge in [-0.1, -0.05) is 17.3 Å². The number of hydrogen-bond acceptors (Lipinski definition) is 6. The predicted octanol–water partition coefficient (Wildman–Crippen LogP) is 4.20. The van der Waals surface area contributed by atoms with E-state index in [1.807, 2.05) is 0 Å². The molecule has 0 aliphatic heterocycles. The number of amides is 1. The number of hydrogen-bond donors (Lipinski definition) is 1. The molecule has 3 aromatic rings. The standard InChI is InChI=1S/C20H17F4N3O4/c1-11-17(18(31-27-11)14-5-3-4-8-25-14)19(28)26-15(10-29-2)12-6-7-16(13(21)9-12)30-20(22,23)24/h3-9,15H,10H2,1-2H3,(H,26,28)/t15-/m1/s1. The molecule has 3 rings (SSSR count). The monoisotopic (exact) mass is 439 g/mol. The first kappa shape index (κ1) is 22.2. The minimum absolute atomic E-state index is 0.0755. The first-order valence-corrected chi connectivity index (χ1v) is 8.92. The summed E-state index contributed by atoms with van der Waals surface area (Å²) in [5.74, 6) is -2.67. The number of pyridine rings is 1. The lowest BCUT2D eigenvalue weighted by molar-refractivity contribution is -0.275. The zero-order valence-corrected chi connectivity index (χ0v) is 16.4. The van der Waals surface area contributed by atoms with Gasteiger partial charge in [-0.25, -0.2) is 4.39 Å². The van der Waals surface area contributed by atoms with Gasteiger partial charge in [0.1, 0.15) is 11.3 Å². The van der Waals surface area contributed by atoms with Gasteiger partial charge < -0.3 is 19.3 Å². The Bertz CT molecular complexity index is 1050. The second-order valence-corrected chi connectivity index (χ2v) is 6.41. The van der Waals surface area contributed by atoms with E-state index in [-0.39, 0.29) is 23.5 Å². The second kappa shape index (κ2) is 9.13. The maximum Gasteiger partial charge on any atom is 0.573 e. The van der Waals surface area contributed by atoms with Crippen molar-refractivity contribution in [3.05, 3.63) is 65.2 Å². The molecular weight excluding hydrogens is 422 g/mol. The van der Waals surface area contributed by atoms with Crippen molar-refractivity contribution in [1.29, 1.82) is 0 Å². The van der Waals surface area contributed by atoms with E-state index in [0.717, 1.165) is 12.1 Å². The SMILES string of the molecule is COC[C@@H](NC(=O)c1c(C)noc1-c1ccccn1)c1ccc(OC(F)(F)F)c(F)c1. The predicted molar refractivity (Wildman–Crippen MR) is 99.6 cm³/mol. The zero-order chi connectivity index (χ0) is 22.6. The Balaban J connectivity index is 1.87. The highest BCUT2D eigenvalue weighted by Crippen LogP contribution is 2.29. The number of aromatic nitrogens is 2. The number of aryl methyl sites for hydroxylation is 1. The number of ether oxygens (including phenoxy) is 2. The highest BCUT2D eigenvalue weighted by atomic mass is 19.4. The van der Waals surface area contributed by atoms with Gasteiger partial charge in [-0.05, 0) is 36.8 Å². The summed E-state index contributed by atoms with van der Waals surface area (Å²) in [7, 11) is 1.36. The van der Waals surface area contributed by atoms with Crippen LogP contribution >= 0.6 is 0 Å². The van der Waals surface area contributed by atoms with Crippen LogP contribution in [0.4, 0.5) is 17.6 Å². The molecule has 1 N–H and O–H groups in total. The molecule has 0 aliphatic rings. The van der Waals surface area contributed by atoms with Crippen LogP contribution in [0.15, 0.2) is 47.1 Å². The van der Waals surface area contributed by atoms with Crippen molar-refractivity contribution in [3.8, 4) is 17.2 Å². The van der Waals surface area contributed by atoms with E-state index in [0.29, 0.717) is 11.4 Å². The van der Waals surface area contributed by atoms with Crippen LogP contribution in [0.1, 0.15) is 27.7 Å². The van der Waals surface area contributed by atoms with Crippen molar-refractivity contribution in [2.75, 3.05) is 13.7 Å². The molecule has 1 atom stereocenters. The Morgan fingerprint density at radius 2 is 2.03 bits per heavy atom. The maximum atomic E-state index is 14.1. The molecule has 0 bridgehead atoms. The fraction of sp³-hybridized carbons (Fsp3) is 0.250. The molecule has 2 aromatic heterocycles. The Morgan fingerprint density at radius 3 is 2.65 bits per heavy atom. The molecule has 11 heteroatoms. The first-order valence-electron chi connectivity index (χ1n) is 8.92. The topological polar surface area (TPSA) is 86.5 Å². The lowest BCUT2D eigenvalue weighted by Gasteiger charge is -2.19. The molecule has 7 nitrogen and oxygen atoms in total. The van der Waals surface area contributed by atoms with E-state index in [2.05, 4.69) is 20.2 Å². The quantitative estimate of drug-likeness (QED) is 0.556. The molecule has 1 aromatic carbocycles. The lowest BCUT2D eigenvalue weighted by atomic mass is 10.1. The number of nitrogens with one attached hydrogen (secondary N) is 1. The minimum atomic E-state index is -5.03. The molecule has 0 radical (unpaired) electrons. The summed E-state index contributed by atoms with van der Waals surface area (Å²) in [6, 6.07) is 7.04. The minimum Gasteiger partial charge on any atom is -0.403 e. The largest absolute Gasteiger partial charge is 0.573 e. The highest BCUT2D eigenvalue weighted by molar-refractivity contribution is 6.00. The van der Waals surface area contributed by atoms with Gasteiger partial charge in [0, 0.05) is 13.3 Å². The van der Waals surface area contributed by atoms with E-state index in [9.17, 15) is 22.4 Å². The van der Waals surface area contributed by atoms with Gasteiger partial charge in [-0.15, -0.1) is 13.2 Å². The van der Waals surface area contributed by atoms with Crippen molar-refractivity contribution in [1.82, 2.24) is 15.5 Å². The van der Waals surface area contributed by atoms with Crippen molar-refractivity contribution < 1.29 is 36.4 Å². The van der Waals surface area contributed by atoms with Crippen molar-refractivity contribution in [2.45, 2.75) is 19.3 Å². The number of carbonyl (C=O) groups excluding carboxylic acids is 1. The average Bonchev–Trinajstić information content (AvgIpc) is 3.10. The van der Waals surface area contributed by atoms with Crippen LogP contribution < -0.4 is 10.1 Å². The summed E-state index contributed by atoms with van der Waals surface area (Å²) in [5, 5.41) is 6.47. The molecule has 31 heavy (non-hydrogen) atoms. The first-order chi connectivity index (χ1) is 14.7. The number of benzene rings is 1. The fourth-order valence-electron chi connectivity index (χ4n) is 2.87. The number of halogens is 4. The number of alkyl halides is 3. The zero-order valence-electron chi connectivity index (χ0n) is 16.4. The van der Waals surface area contributed by atoms with Crippen LogP contribution in [0.3, 0.4) is 0 Å². The highest BCUT2D eigenvalue weighted by Gasteiger charge is 2.33. The molecule has 0 unspecified atom stereocenters. The van der Waals surface area contributed by atoms with E-state index >= 15 is 0 Å². The summed E-state index contributed by atoms with van der Waals surface area (Å²) in [5.41, 5.74) is 0.985. The third-order valence-electron chi connectivity index (χ3n) is 4.21. The van der Waals surface area contributed by atoms with Crippen molar-refractivity contribution in [3.63, 3.8) is 0 Å². The van der Waals surface area contributed by atoms with Gasteiger partial charge in [0.2, 0.25) is 0 Å².